The molecule has 3 N–H and O–H groups in total. The maximum Gasteiger partial charge on any atom is 0.303 e. The van der Waals surface area contributed by atoms with Crippen LogP contribution in [0.15, 0.2) is 24.3 Å². The average molecular weight is 262 g/mol. The van der Waals surface area contributed by atoms with E-state index in [1.54, 1.807) is 29.2 Å². The van der Waals surface area contributed by atoms with E-state index in [0.29, 0.717) is 24.3 Å². The zero-order valence-corrected chi connectivity index (χ0v) is 10.7. The Balaban J connectivity index is 2.02. The summed E-state index contributed by atoms with van der Waals surface area (Å²) in [7, 11) is 0. The zero-order valence-electron chi connectivity index (χ0n) is 10.7. The summed E-state index contributed by atoms with van der Waals surface area (Å²) in [4.78, 5) is 24.8. The van der Waals surface area contributed by atoms with E-state index in [-0.39, 0.29) is 18.2 Å². The van der Waals surface area contributed by atoms with Gasteiger partial charge in [-0.25, -0.2) is 0 Å². The van der Waals surface area contributed by atoms with Crippen molar-refractivity contribution in [2.45, 2.75) is 19.3 Å². The standard InChI is InChI=1S/C14H18N2O3/c15-12-5-3-11(4-6-12)14(19)16-7-1-2-10(9-16)8-13(17)18/h3-6,10H,1-2,7-9,15H2,(H,17,18). The first-order valence-corrected chi connectivity index (χ1v) is 6.43. The van der Waals surface area contributed by atoms with E-state index in [2.05, 4.69) is 0 Å². The number of carboxylic acid groups (broad SMARTS) is 1. The molecule has 2 rings (SSSR count). The predicted molar refractivity (Wildman–Crippen MR) is 71.7 cm³/mol. The van der Waals surface area contributed by atoms with Crippen molar-refractivity contribution in [1.29, 1.82) is 0 Å². The summed E-state index contributed by atoms with van der Waals surface area (Å²) in [5.41, 5.74) is 6.82. The molecule has 0 aromatic heterocycles. The number of piperidine rings is 1. The Morgan fingerprint density at radius 3 is 2.63 bits per heavy atom. The van der Waals surface area contributed by atoms with E-state index in [4.69, 9.17) is 10.8 Å². The third-order valence-electron chi connectivity index (χ3n) is 3.43. The molecule has 1 saturated heterocycles. The Kier molecular flexibility index (Phi) is 4.04. The van der Waals surface area contributed by atoms with Crippen molar-refractivity contribution >= 4 is 17.6 Å². The number of benzene rings is 1. The molecule has 5 nitrogen and oxygen atoms in total. The third-order valence-corrected chi connectivity index (χ3v) is 3.43. The van der Waals surface area contributed by atoms with Crippen LogP contribution in [0.5, 0.6) is 0 Å². The van der Waals surface area contributed by atoms with Crippen LogP contribution in [0.1, 0.15) is 29.6 Å². The maximum absolute atomic E-state index is 12.3. The summed E-state index contributed by atoms with van der Waals surface area (Å²) < 4.78 is 0. The second-order valence-corrected chi connectivity index (χ2v) is 4.98. The summed E-state index contributed by atoms with van der Waals surface area (Å²) in [5.74, 6) is -0.786. The molecule has 0 saturated carbocycles. The molecule has 19 heavy (non-hydrogen) atoms. The monoisotopic (exact) mass is 262 g/mol. The number of carbonyl (C=O) groups is 2. The van der Waals surface area contributed by atoms with Crippen molar-refractivity contribution in [2.75, 3.05) is 18.8 Å². The molecule has 0 spiro atoms. The number of aliphatic carboxylic acids is 1. The molecular formula is C14H18N2O3. The number of hydrogen-bond donors (Lipinski definition) is 2. The van der Waals surface area contributed by atoms with Crippen molar-refractivity contribution in [3.05, 3.63) is 29.8 Å². The van der Waals surface area contributed by atoms with Gasteiger partial charge in [-0.3, -0.25) is 9.59 Å². The fraction of sp³-hybridized carbons (Fsp3) is 0.429. The molecule has 5 heteroatoms. The van der Waals surface area contributed by atoms with Gasteiger partial charge >= 0.3 is 5.97 Å². The van der Waals surface area contributed by atoms with Crippen molar-refractivity contribution in [3.63, 3.8) is 0 Å². The number of nitrogens with two attached hydrogens (primary N) is 1. The number of hydrogen-bond acceptors (Lipinski definition) is 3. The summed E-state index contributed by atoms with van der Waals surface area (Å²) in [6.45, 7) is 1.22. The van der Waals surface area contributed by atoms with Crippen LogP contribution < -0.4 is 5.73 Å². The van der Waals surface area contributed by atoms with Gasteiger partial charge in [0.1, 0.15) is 0 Å². The molecule has 1 aliphatic rings. The lowest BCUT2D eigenvalue weighted by Gasteiger charge is -2.32. The minimum atomic E-state index is -0.799. The molecule has 0 radical (unpaired) electrons. The quantitative estimate of drug-likeness (QED) is 0.810. The SMILES string of the molecule is Nc1ccc(C(=O)N2CCCC(CC(=O)O)C2)cc1. The van der Waals surface area contributed by atoms with E-state index in [1.165, 1.54) is 0 Å². The summed E-state index contributed by atoms with van der Waals surface area (Å²) >= 11 is 0. The number of nitrogen functional groups attached to an aromatic ring is 1. The molecular weight excluding hydrogens is 244 g/mol. The zero-order chi connectivity index (χ0) is 13.8. The normalized spacial score (nSPS) is 19.2. The van der Waals surface area contributed by atoms with Crippen LogP contribution in [0.3, 0.4) is 0 Å². The number of nitrogens with zero attached hydrogens (tertiary/aromatic N) is 1. The largest absolute Gasteiger partial charge is 0.481 e. The van der Waals surface area contributed by atoms with E-state index in [0.717, 1.165) is 12.8 Å². The second kappa shape index (κ2) is 5.73. The molecule has 1 aromatic carbocycles. The topological polar surface area (TPSA) is 83.6 Å². The summed E-state index contributed by atoms with van der Waals surface area (Å²) in [5, 5.41) is 8.82. The number of amides is 1. The molecule has 1 atom stereocenters. The molecule has 1 fully saturated rings. The van der Waals surface area contributed by atoms with E-state index < -0.39 is 5.97 Å². The Morgan fingerprint density at radius 1 is 1.32 bits per heavy atom. The number of likely N-dealkylation sites (tertiary alicyclic amines) is 1. The van der Waals surface area contributed by atoms with Crippen molar-refractivity contribution < 1.29 is 14.7 Å². The van der Waals surface area contributed by atoms with Crippen molar-refractivity contribution in [2.24, 2.45) is 5.92 Å². The number of carboxylic acids is 1. The maximum atomic E-state index is 12.3. The fourth-order valence-corrected chi connectivity index (χ4v) is 2.47. The third kappa shape index (κ3) is 3.47. The van der Waals surface area contributed by atoms with Crippen LogP contribution in [0.2, 0.25) is 0 Å². The first-order valence-electron chi connectivity index (χ1n) is 6.43. The van der Waals surface area contributed by atoms with Gasteiger partial charge in [-0.1, -0.05) is 0 Å². The van der Waals surface area contributed by atoms with Crippen LogP contribution in [0.25, 0.3) is 0 Å². The van der Waals surface area contributed by atoms with Gasteiger partial charge in [0.15, 0.2) is 0 Å². The highest BCUT2D eigenvalue weighted by Gasteiger charge is 2.25. The number of anilines is 1. The van der Waals surface area contributed by atoms with Crippen LogP contribution in [-0.4, -0.2) is 35.0 Å². The van der Waals surface area contributed by atoms with Gasteiger partial charge < -0.3 is 15.7 Å². The Labute approximate surface area is 112 Å². The van der Waals surface area contributed by atoms with Crippen molar-refractivity contribution in [1.82, 2.24) is 4.90 Å². The lowest BCUT2D eigenvalue weighted by Crippen LogP contribution is -2.40. The van der Waals surface area contributed by atoms with Gasteiger partial charge in [-0.15, -0.1) is 0 Å². The second-order valence-electron chi connectivity index (χ2n) is 4.98. The van der Waals surface area contributed by atoms with Crippen LogP contribution in [-0.2, 0) is 4.79 Å². The highest BCUT2D eigenvalue weighted by molar-refractivity contribution is 5.94. The number of rotatable bonds is 3. The van der Waals surface area contributed by atoms with E-state index in [1.807, 2.05) is 0 Å². The molecule has 1 amide bonds. The fourth-order valence-electron chi connectivity index (χ4n) is 2.47. The van der Waals surface area contributed by atoms with Crippen LogP contribution >= 0.6 is 0 Å². The molecule has 0 bridgehead atoms. The Bertz CT molecular complexity index is 470. The lowest BCUT2D eigenvalue weighted by molar-refractivity contribution is -0.138. The Hall–Kier alpha value is -2.04. The van der Waals surface area contributed by atoms with Crippen molar-refractivity contribution in [3.8, 4) is 0 Å². The first-order chi connectivity index (χ1) is 9.06. The minimum Gasteiger partial charge on any atom is -0.481 e. The van der Waals surface area contributed by atoms with Gasteiger partial charge in [0.05, 0.1) is 0 Å². The number of carbonyl (C=O) groups excluding carboxylic acids is 1. The molecule has 1 aliphatic heterocycles. The smallest absolute Gasteiger partial charge is 0.303 e. The molecule has 1 aromatic rings. The minimum absolute atomic E-state index is 0.0462. The van der Waals surface area contributed by atoms with E-state index in [9.17, 15) is 9.59 Å². The van der Waals surface area contributed by atoms with Gasteiger partial charge in [0.25, 0.3) is 5.91 Å². The summed E-state index contributed by atoms with van der Waals surface area (Å²) in [6, 6.07) is 6.81. The molecule has 0 aliphatic carbocycles. The predicted octanol–water partition coefficient (Wildman–Crippen LogP) is 1.60. The summed E-state index contributed by atoms with van der Waals surface area (Å²) in [6.07, 6.45) is 1.86. The highest BCUT2D eigenvalue weighted by atomic mass is 16.4. The molecule has 1 unspecified atom stereocenters. The first kappa shape index (κ1) is 13.4. The van der Waals surface area contributed by atoms with Gasteiger partial charge in [-0.05, 0) is 43.0 Å². The Morgan fingerprint density at radius 2 is 2.00 bits per heavy atom. The van der Waals surface area contributed by atoms with Gasteiger partial charge in [0.2, 0.25) is 0 Å². The van der Waals surface area contributed by atoms with Crippen LogP contribution in [0, 0.1) is 5.92 Å². The van der Waals surface area contributed by atoms with Crippen LogP contribution in [0.4, 0.5) is 5.69 Å². The average Bonchev–Trinajstić information content (AvgIpc) is 2.38. The lowest BCUT2D eigenvalue weighted by atomic mass is 9.94. The molecule has 1 heterocycles. The van der Waals surface area contributed by atoms with E-state index >= 15 is 0 Å². The molecule has 102 valence electrons. The highest BCUT2D eigenvalue weighted by Crippen LogP contribution is 2.21. The van der Waals surface area contributed by atoms with Gasteiger partial charge in [-0.2, -0.15) is 0 Å². The van der Waals surface area contributed by atoms with Gasteiger partial charge in [0, 0.05) is 30.8 Å².